The van der Waals surface area contributed by atoms with Crippen LogP contribution in [-0.2, 0) is 15.0 Å². The van der Waals surface area contributed by atoms with Gasteiger partial charge in [-0.2, -0.15) is 31.0 Å². The van der Waals surface area contributed by atoms with Crippen molar-refractivity contribution in [2.75, 3.05) is 6.54 Å². The van der Waals surface area contributed by atoms with Crippen molar-refractivity contribution in [3.63, 3.8) is 0 Å². The second-order valence-electron chi connectivity index (χ2n) is 4.25. The maximum absolute atomic E-state index is 11.9. The number of carbonyl (C=O) groups is 1. The zero-order chi connectivity index (χ0) is 14.0. The second-order valence-corrected chi connectivity index (χ2v) is 5.75. The zero-order valence-electron chi connectivity index (χ0n) is 9.25. The molecule has 1 rings (SSSR count). The van der Waals surface area contributed by atoms with Crippen LogP contribution in [0, 0.1) is 0 Å². The summed E-state index contributed by atoms with van der Waals surface area (Å²) < 4.78 is 61.7. The summed E-state index contributed by atoms with van der Waals surface area (Å²) in [4.78, 5) is 10.6. The second kappa shape index (κ2) is 5.02. The Bertz CT molecular complexity index is 417. The fourth-order valence-corrected chi connectivity index (χ4v) is 2.98. The zero-order valence-corrected chi connectivity index (χ0v) is 10.1. The maximum atomic E-state index is 11.9. The molecule has 6 nitrogen and oxygen atoms in total. The number of hydrogen-bond donors (Lipinski definition) is 3. The van der Waals surface area contributed by atoms with Crippen molar-refractivity contribution in [3.8, 4) is 0 Å². The molecule has 0 atom stereocenters. The lowest BCUT2D eigenvalue weighted by atomic mass is 9.75. The lowest BCUT2D eigenvalue weighted by Crippen LogP contribution is -2.58. The van der Waals surface area contributed by atoms with Crippen molar-refractivity contribution in [2.24, 2.45) is 0 Å². The first-order valence-electron chi connectivity index (χ1n) is 5.11. The van der Waals surface area contributed by atoms with Crippen LogP contribution in [0.5, 0.6) is 0 Å². The van der Waals surface area contributed by atoms with Gasteiger partial charge in [0, 0.05) is 5.54 Å². The molecule has 18 heavy (non-hydrogen) atoms. The maximum Gasteiger partial charge on any atom is 0.402 e. The van der Waals surface area contributed by atoms with E-state index in [0.717, 1.165) is 0 Å². The average Bonchev–Trinajstić information content (AvgIpc) is 2.09. The van der Waals surface area contributed by atoms with Gasteiger partial charge in [0.25, 0.3) is 10.2 Å². The molecule has 0 bridgehead atoms. The van der Waals surface area contributed by atoms with E-state index >= 15 is 0 Å². The molecular weight excluding hydrogens is 277 g/mol. The van der Waals surface area contributed by atoms with Crippen molar-refractivity contribution < 1.29 is 31.5 Å². The molecule has 0 aliphatic heterocycles. The van der Waals surface area contributed by atoms with E-state index in [4.69, 9.17) is 5.11 Å². The Hall–Kier alpha value is -0.870. The first-order chi connectivity index (χ1) is 8.04. The summed E-state index contributed by atoms with van der Waals surface area (Å²) in [6, 6.07) is 0. The van der Waals surface area contributed by atoms with Crippen molar-refractivity contribution in [1.82, 2.24) is 9.44 Å². The molecule has 0 aromatic heterocycles. The Morgan fingerprint density at radius 2 is 1.89 bits per heavy atom. The molecule has 3 N–H and O–H groups in total. The van der Waals surface area contributed by atoms with E-state index in [1.54, 1.807) is 0 Å². The molecule has 1 aliphatic carbocycles. The molecule has 0 saturated heterocycles. The largest absolute Gasteiger partial charge is 0.481 e. The molecule has 10 heteroatoms. The molecule has 1 fully saturated rings. The third kappa shape index (κ3) is 4.78. The van der Waals surface area contributed by atoms with E-state index in [9.17, 15) is 26.4 Å². The highest BCUT2D eigenvalue weighted by molar-refractivity contribution is 7.87. The third-order valence-corrected chi connectivity index (χ3v) is 3.84. The van der Waals surface area contributed by atoms with E-state index in [-0.39, 0.29) is 0 Å². The van der Waals surface area contributed by atoms with Gasteiger partial charge in [-0.15, -0.1) is 0 Å². The smallest absolute Gasteiger partial charge is 0.402 e. The van der Waals surface area contributed by atoms with Crippen molar-refractivity contribution in [2.45, 2.75) is 37.4 Å². The molecule has 0 aromatic rings. The lowest BCUT2D eigenvalue weighted by molar-refractivity contribution is -0.139. The standard InChI is InChI=1S/C8H13F3N2O4S/c9-8(10,11)5-12-18(16,17)13-7(2-1-3-7)4-6(14)15/h12-13H,1-5H2,(H,14,15). The van der Waals surface area contributed by atoms with E-state index in [1.807, 2.05) is 4.72 Å². The molecule has 106 valence electrons. The van der Waals surface area contributed by atoms with Crippen molar-refractivity contribution >= 4 is 16.2 Å². The summed E-state index contributed by atoms with van der Waals surface area (Å²) in [5.41, 5.74) is -1.16. The van der Waals surface area contributed by atoms with Crippen molar-refractivity contribution in [1.29, 1.82) is 0 Å². The minimum absolute atomic E-state index is 0.298. The van der Waals surface area contributed by atoms with Crippen LogP contribution < -0.4 is 9.44 Å². The van der Waals surface area contributed by atoms with Crippen LogP contribution in [0.25, 0.3) is 0 Å². The molecule has 1 aliphatic rings. The van der Waals surface area contributed by atoms with Crippen LogP contribution in [-0.4, -0.2) is 37.8 Å². The normalized spacial score (nSPS) is 19.3. The summed E-state index contributed by atoms with van der Waals surface area (Å²) in [5, 5.41) is 8.63. The molecule has 0 unspecified atom stereocenters. The molecule has 1 saturated carbocycles. The minimum atomic E-state index is -4.66. The van der Waals surface area contributed by atoms with Crippen LogP contribution in [0.1, 0.15) is 25.7 Å². The van der Waals surface area contributed by atoms with E-state index < -0.39 is 40.9 Å². The van der Waals surface area contributed by atoms with Gasteiger partial charge in [0.2, 0.25) is 0 Å². The Morgan fingerprint density at radius 3 is 2.22 bits per heavy atom. The van der Waals surface area contributed by atoms with Gasteiger partial charge < -0.3 is 5.11 Å². The average molecular weight is 290 g/mol. The van der Waals surface area contributed by atoms with E-state index in [0.29, 0.717) is 19.3 Å². The number of hydrogen-bond acceptors (Lipinski definition) is 3. The predicted octanol–water partition coefficient (Wildman–Crippen LogP) is 0.370. The molecule has 0 spiro atoms. The number of rotatable bonds is 6. The van der Waals surface area contributed by atoms with Gasteiger partial charge in [0.1, 0.15) is 6.54 Å². The molecule has 0 amide bonds. The number of carboxylic acid groups (broad SMARTS) is 1. The SMILES string of the molecule is O=C(O)CC1(NS(=O)(=O)NCC(F)(F)F)CCC1. The van der Waals surface area contributed by atoms with Gasteiger partial charge in [-0.05, 0) is 19.3 Å². The van der Waals surface area contributed by atoms with Crippen LogP contribution in [0.15, 0.2) is 0 Å². The van der Waals surface area contributed by atoms with Crippen LogP contribution in [0.2, 0.25) is 0 Å². The summed E-state index contributed by atoms with van der Waals surface area (Å²) in [6.07, 6.45) is -3.87. The first-order valence-corrected chi connectivity index (χ1v) is 6.59. The summed E-state index contributed by atoms with van der Waals surface area (Å²) in [7, 11) is -4.36. The van der Waals surface area contributed by atoms with Crippen molar-refractivity contribution in [3.05, 3.63) is 0 Å². The summed E-state index contributed by atoms with van der Waals surface area (Å²) in [6.45, 7) is -1.69. The van der Waals surface area contributed by atoms with Crippen LogP contribution in [0.3, 0.4) is 0 Å². The monoisotopic (exact) mass is 290 g/mol. The number of nitrogens with one attached hydrogen (secondary N) is 2. The van der Waals surface area contributed by atoms with Crippen LogP contribution in [0.4, 0.5) is 13.2 Å². The number of halogens is 3. The highest BCUT2D eigenvalue weighted by Crippen LogP contribution is 2.35. The molecule has 0 radical (unpaired) electrons. The van der Waals surface area contributed by atoms with Gasteiger partial charge in [-0.1, -0.05) is 0 Å². The first kappa shape index (κ1) is 15.2. The van der Waals surface area contributed by atoms with E-state index in [1.165, 1.54) is 4.72 Å². The third-order valence-electron chi connectivity index (χ3n) is 2.61. The summed E-state index contributed by atoms with van der Waals surface area (Å²) >= 11 is 0. The summed E-state index contributed by atoms with van der Waals surface area (Å²) in [5.74, 6) is -1.20. The Morgan fingerprint density at radius 1 is 1.33 bits per heavy atom. The van der Waals surface area contributed by atoms with Gasteiger partial charge in [-0.25, -0.2) is 0 Å². The number of carboxylic acids is 1. The molecular formula is C8H13F3N2O4S. The van der Waals surface area contributed by atoms with E-state index in [2.05, 4.69) is 0 Å². The van der Waals surface area contributed by atoms with Crippen LogP contribution >= 0.6 is 0 Å². The highest BCUT2D eigenvalue weighted by atomic mass is 32.2. The van der Waals surface area contributed by atoms with Gasteiger partial charge in [0.05, 0.1) is 6.42 Å². The quantitative estimate of drug-likeness (QED) is 0.658. The Balaban J connectivity index is 2.61. The lowest BCUT2D eigenvalue weighted by Gasteiger charge is -2.40. The Labute approximate surface area is 102 Å². The Kier molecular flexibility index (Phi) is 4.23. The minimum Gasteiger partial charge on any atom is -0.481 e. The number of aliphatic carboxylic acids is 1. The highest BCUT2D eigenvalue weighted by Gasteiger charge is 2.42. The predicted molar refractivity (Wildman–Crippen MR) is 54.9 cm³/mol. The fourth-order valence-electron chi connectivity index (χ4n) is 1.71. The molecule has 0 aromatic carbocycles. The van der Waals surface area contributed by atoms with Gasteiger partial charge in [0.15, 0.2) is 0 Å². The number of alkyl halides is 3. The fraction of sp³-hybridized carbons (Fsp3) is 0.875. The van der Waals surface area contributed by atoms with Gasteiger partial charge >= 0.3 is 12.1 Å². The topological polar surface area (TPSA) is 95.5 Å². The molecule has 0 heterocycles. The van der Waals surface area contributed by atoms with Gasteiger partial charge in [-0.3, -0.25) is 4.79 Å².